The molecule has 0 spiro atoms. The Bertz CT molecular complexity index is 576. The van der Waals surface area contributed by atoms with E-state index in [1.807, 2.05) is 22.7 Å². The Morgan fingerprint density at radius 1 is 1.15 bits per heavy atom. The summed E-state index contributed by atoms with van der Waals surface area (Å²) < 4.78 is 1.23. The fourth-order valence-electron chi connectivity index (χ4n) is 3.03. The summed E-state index contributed by atoms with van der Waals surface area (Å²) in [6, 6.07) is 5.07. The van der Waals surface area contributed by atoms with Gasteiger partial charge < -0.3 is 5.32 Å². The average molecular weight is 370 g/mol. The molecule has 0 saturated carbocycles. The van der Waals surface area contributed by atoms with E-state index in [2.05, 4.69) is 47.4 Å². The largest absolute Gasteiger partial charge is 0.309 e. The maximum atomic E-state index is 3.61. The van der Waals surface area contributed by atoms with E-state index >= 15 is 0 Å². The quantitative estimate of drug-likeness (QED) is 0.708. The fourth-order valence-corrected chi connectivity index (χ4v) is 6.16. The number of aryl methyl sites for hydroxylation is 3. The van der Waals surface area contributed by atoms with Crippen molar-refractivity contribution in [3.8, 4) is 0 Å². The molecule has 0 aliphatic heterocycles. The SMILES string of the molecule is CNC(c1cc2c(s1)CCCCC2)c1cc(Br)sc1C. The topological polar surface area (TPSA) is 12.0 Å². The molecular weight excluding hydrogens is 350 g/mol. The van der Waals surface area contributed by atoms with E-state index in [0.29, 0.717) is 6.04 Å². The van der Waals surface area contributed by atoms with E-state index in [-0.39, 0.29) is 0 Å². The lowest BCUT2D eigenvalue weighted by Crippen LogP contribution is -2.16. The van der Waals surface area contributed by atoms with Crippen molar-refractivity contribution in [2.24, 2.45) is 0 Å². The summed E-state index contributed by atoms with van der Waals surface area (Å²) >= 11 is 7.46. The highest BCUT2D eigenvalue weighted by Gasteiger charge is 2.21. The van der Waals surface area contributed by atoms with Crippen LogP contribution in [0.3, 0.4) is 0 Å². The molecule has 1 unspecified atom stereocenters. The van der Waals surface area contributed by atoms with E-state index in [9.17, 15) is 0 Å². The van der Waals surface area contributed by atoms with Crippen molar-refractivity contribution in [2.75, 3.05) is 7.05 Å². The second-order valence-electron chi connectivity index (χ2n) is 5.44. The molecule has 0 fully saturated rings. The molecule has 108 valence electrons. The Balaban J connectivity index is 1.95. The van der Waals surface area contributed by atoms with Gasteiger partial charge in [-0.25, -0.2) is 0 Å². The highest BCUT2D eigenvalue weighted by atomic mass is 79.9. The minimum absolute atomic E-state index is 0.342. The molecule has 1 aliphatic carbocycles. The van der Waals surface area contributed by atoms with Crippen LogP contribution in [0.1, 0.15) is 51.1 Å². The average Bonchev–Trinajstić information content (AvgIpc) is 2.88. The third-order valence-corrected chi connectivity index (χ3v) is 6.95. The van der Waals surface area contributed by atoms with Gasteiger partial charge >= 0.3 is 0 Å². The Kier molecular flexibility index (Phi) is 4.65. The van der Waals surface area contributed by atoms with Gasteiger partial charge in [0.2, 0.25) is 0 Å². The third-order valence-electron chi connectivity index (χ3n) is 4.08. The molecule has 0 saturated heterocycles. The lowest BCUT2D eigenvalue weighted by Gasteiger charge is -2.14. The summed E-state index contributed by atoms with van der Waals surface area (Å²) in [5, 5.41) is 3.51. The zero-order valence-corrected chi connectivity index (χ0v) is 15.2. The first-order valence-electron chi connectivity index (χ1n) is 7.23. The Labute approximate surface area is 137 Å². The van der Waals surface area contributed by atoms with Crippen LogP contribution < -0.4 is 5.32 Å². The lowest BCUT2D eigenvalue weighted by molar-refractivity contribution is 0.697. The minimum atomic E-state index is 0.342. The van der Waals surface area contributed by atoms with Gasteiger partial charge in [0, 0.05) is 14.6 Å². The summed E-state index contributed by atoms with van der Waals surface area (Å²) in [5.41, 5.74) is 3.02. The van der Waals surface area contributed by atoms with Crippen LogP contribution >= 0.6 is 38.6 Å². The van der Waals surface area contributed by atoms with Gasteiger partial charge in [0.05, 0.1) is 9.83 Å². The molecule has 20 heavy (non-hydrogen) atoms. The van der Waals surface area contributed by atoms with Gasteiger partial charge in [0.25, 0.3) is 0 Å². The van der Waals surface area contributed by atoms with Crippen LogP contribution in [0.4, 0.5) is 0 Å². The molecule has 1 nitrogen and oxygen atoms in total. The molecular formula is C16H20BrNS2. The molecule has 3 rings (SSSR count). The molecule has 0 radical (unpaired) electrons. The first kappa shape index (κ1) is 14.8. The molecule has 0 bridgehead atoms. The van der Waals surface area contributed by atoms with Crippen molar-refractivity contribution < 1.29 is 0 Å². The fraction of sp³-hybridized carbons (Fsp3) is 0.500. The molecule has 1 aliphatic rings. The van der Waals surface area contributed by atoms with Crippen LogP contribution in [-0.2, 0) is 12.8 Å². The number of nitrogens with one attached hydrogen (secondary N) is 1. The summed E-state index contributed by atoms with van der Waals surface area (Å²) in [5.74, 6) is 0. The van der Waals surface area contributed by atoms with E-state index in [4.69, 9.17) is 0 Å². The van der Waals surface area contributed by atoms with Crippen molar-refractivity contribution in [2.45, 2.75) is 45.1 Å². The molecule has 4 heteroatoms. The van der Waals surface area contributed by atoms with Gasteiger partial charge in [-0.1, -0.05) is 6.42 Å². The molecule has 2 heterocycles. The minimum Gasteiger partial charge on any atom is -0.309 e. The predicted octanol–water partition coefficient (Wildman–Crippen LogP) is 5.46. The Morgan fingerprint density at radius 2 is 1.95 bits per heavy atom. The second-order valence-corrected chi connectivity index (χ2v) is 9.25. The van der Waals surface area contributed by atoms with E-state index < -0.39 is 0 Å². The standard InChI is InChI=1S/C16H20BrNS2/c1-10-12(9-15(17)19-10)16(18-2)14-8-11-6-4-3-5-7-13(11)20-14/h8-9,16,18H,3-7H2,1-2H3. The first-order valence-corrected chi connectivity index (χ1v) is 9.66. The monoisotopic (exact) mass is 369 g/mol. The molecule has 0 amide bonds. The van der Waals surface area contributed by atoms with Crippen LogP contribution in [0.15, 0.2) is 15.9 Å². The van der Waals surface area contributed by atoms with Crippen molar-refractivity contribution in [3.05, 3.63) is 41.7 Å². The van der Waals surface area contributed by atoms with Crippen LogP contribution in [0.25, 0.3) is 0 Å². The van der Waals surface area contributed by atoms with Crippen molar-refractivity contribution >= 4 is 38.6 Å². The number of hydrogen-bond donors (Lipinski definition) is 1. The highest BCUT2D eigenvalue weighted by molar-refractivity contribution is 9.11. The third kappa shape index (κ3) is 2.89. The van der Waals surface area contributed by atoms with Gasteiger partial charge in [-0.2, -0.15) is 0 Å². The Hall–Kier alpha value is -0.160. The van der Waals surface area contributed by atoms with E-state index in [0.717, 1.165) is 0 Å². The predicted molar refractivity (Wildman–Crippen MR) is 93.2 cm³/mol. The maximum absolute atomic E-state index is 3.61. The summed E-state index contributed by atoms with van der Waals surface area (Å²) in [7, 11) is 2.07. The van der Waals surface area contributed by atoms with Crippen molar-refractivity contribution in [1.82, 2.24) is 5.32 Å². The molecule has 2 aromatic heterocycles. The van der Waals surface area contributed by atoms with Crippen LogP contribution in [0, 0.1) is 6.92 Å². The summed E-state index contributed by atoms with van der Waals surface area (Å²) in [6.45, 7) is 2.22. The van der Waals surface area contributed by atoms with E-state index in [1.165, 1.54) is 51.2 Å². The Morgan fingerprint density at radius 3 is 2.65 bits per heavy atom. The van der Waals surface area contributed by atoms with Gasteiger partial charge in [-0.3, -0.25) is 0 Å². The zero-order valence-electron chi connectivity index (χ0n) is 12.0. The van der Waals surface area contributed by atoms with Crippen LogP contribution in [0.5, 0.6) is 0 Å². The molecule has 1 N–H and O–H groups in total. The smallest absolute Gasteiger partial charge is 0.0704 e. The van der Waals surface area contributed by atoms with Gasteiger partial charge in [0.1, 0.15) is 0 Å². The summed E-state index contributed by atoms with van der Waals surface area (Å²) in [4.78, 5) is 4.51. The summed E-state index contributed by atoms with van der Waals surface area (Å²) in [6.07, 6.45) is 6.66. The van der Waals surface area contributed by atoms with Crippen LogP contribution in [-0.4, -0.2) is 7.05 Å². The van der Waals surface area contributed by atoms with Crippen molar-refractivity contribution in [3.63, 3.8) is 0 Å². The molecule has 0 aromatic carbocycles. The maximum Gasteiger partial charge on any atom is 0.0704 e. The molecule has 2 aromatic rings. The first-order chi connectivity index (χ1) is 9.69. The normalized spacial score (nSPS) is 16.8. The highest BCUT2D eigenvalue weighted by Crippen LogP contribution is 2.38. The van der Waals surface area contributed by atoms with Gasteiger partial charge in [0.15, 0.2) is 0 Å². The van der Waals surface area contributed by atoms with E-state index in [1.54, 1.807) is 10.4 Å². The number of thiophene rings is 2. The van der Waals surface area contributed by atoms with Gasteiger partial charge in [-0.05, 0) is 78.8 Å². The molecule has 1 atom stereocenters. The number of rotatable bonds is 3. The van der Waals surface area contributed by atoms with Crippen molar-refractivity contribution in [1.29, 1.82) is 0 Å². The lowest BCUT2D eigenvalue weighted by atomic mass is 10.0. The number of halogens is 1. The number of fused-ring (bicyclic) bond motifs is 1. The second kappa shape index (κ2) is 6.30. The zero-order chi connectivity index (χ0) is 14.1. The van der Waals surface area contributed by atoms with Gasteiger partial charge in [-0.15, -0.1) is 22.7 Å². The van der Waals surface area contributed by atoms with Crippen LogP contribution in [0.2, 0.25) is 0 Å². The number of hydrogen-bond acceptors (Lipinski definition) is 3.